The third-order valence-corrected chi connectivity index (χ3v) is 4.32. The molecule has 0 saturated carbocycles. The van der Waals surface area contributed by atoms with Gasteiger partial charge in [0, 0.05) is 24.8 Å². The van der Waals surface area contributed by atoms with Crippen LogP contribution in [0.3, 0.4) is 0 Å². The summed E-state index contributed by atoms with van der Waals surface area (Å²) in [6.07, 6.45) is 1.06. The SMILES string of the molecule is CCc1cccc(C)c1N1CC(CO)N(C)CC1C. The summed E-state index contributed by atoms with van der Waals surface area (Å²) in [5, 5.41) is 9.54. The molecular weight excluding hydrogens is 236 g/mol. The maximum absolute atomic E-state index is 9.54. The van der Waals surface area contributed by atoms with Crippen LogP contribution in [0.1, 0.15) is 25.0 Å². The van der Waals surface area contributed by atoms with Gasteiger partial charge in [-0.15, -0.1) is 0 Å². The zero-order valence-electron chi connectivity index (χ0n) is 12.6. The number of anilines is 1. The van der Waals surface area contributed by atoms with Gasteiger partial charge in [0.2, 0.25) is 0 Å². The highest BCUT2D eigenvalue weighted by Gasteiger charge is 2.30. The molecule has 0 radical (unpaired) electrons. The van der Waals surface area contributed by atoms with Crippen LogP contribution in [0.4, 0.5) is 5.69 Å². The van der Waals surface area contributed by atoms with Gasteiger partial charge in [0.05, 0.1) is 12.6 Å². The number of aliphatic hydroxyl groups is 1. The molecule has 1 aliphatic rings. The molecular formula is C16H26N2O. The van der Waals surface area contributed by atoms with Crippen LogP contribution in [0.25, 0.3) is 0 Å². The Hall–Kier alpha value is -1.06. The number of rotatable bonds is 3. The summed E-state index contributed by atoms with van der Waals surface area (Å²) in [6, 6.07) is 7.27. The number of aliphatic hydroxyl groups excluding tert-OH is 1. The molecule has 1 fully saturated rings. The monoisotopic (exact) mass is 262 g/mol. The zero-order valence-corrected chi connectivity index (χ0v) is 12.6. The maximum Gasteiger partial charge on any atom is 0.0604 e. The van der Waals surface area contributed by atoms with Crippen molar-refractivity contribution in [3.05, 3.63) is 29.3 Å². The molecule has 1 heterocycles. The first-order valence-corrected chi connectivity index (χ1v) is 7.24. The summed E-state index contributed by atoms with van der Waals surface area (Å²) >= 11 is 0. The van der Waals surface area contributed by atoms with Crippen molar-refractivity contribution >= 4 is 5.69 Å². The molecule has 2 unspecified atom stereocenters. The Labute approximate surface area is 116 Å². The molecule has 0 aromatic heterocycles. The molecule has 3 heteroatoms. The Balaban J connectivity index is 2.35. The molecule has 1 aromatic carbocycles. The van der Waals surface area contributed by atoms with E-state index in [1.807, 2.05) is 0 Å². The van der Waals surface area contributed by atoms with Crippen LogP contribution in [0, 0.1) is 6.92 Å². The molecule has 1 N–H and O–H groups in total. The number of piperazine rings is 1. The molecule has 0 amide bonds. The third kappa shape index (κ3) is 2.77. The lowest BCUT2D eigenvalue weighted by Crippen LogP contribution is -2.57. The van der Waals surface area contributed by atoms with Gasteiger partial charge in [0.1, 0.15) is 0 Å². The first kappa shape index (κ1) is 14.4. The molecule has 106 valence electrons. The lowest BCUT2D eigenvalue weighted by Gasteiger charge is -2.45. The average Bonchev–Trinajstić information content (AvgIpc) is 2.39. The van der Waals surface area contributed by atoms with E-state index in [2.05, 4.69) is 55.8 Å². The largest absolute Gasteiger partial charge is 0.395 e. The highest BCUT2D eigenvalue weighted by Crippen LogP contribution is 2.30. The molecule has 0 bridgehead atoms. The second-order valence-electron chi connectivity index (χ2n) is 5.71. The van der Waals surface area contributed by atoms with Gasteiger partial charge in [-0.2, -0.15) is 0 Å². The van der Waals surface area contributed by atoms with E-state index < -0.39 is 0 Å². The van der Waals surface area contributed by atoms with Crippen LogP contribution in [0.2, 0.25) is 0 Å². The van der Waals surface area contributed by atoms with Gasteiger partial charge in [-0.05, 0) is 38.4 Å². The summed E-state index contributed by atoms with van der Waals surface area (Å²) in [4.78, 5) is 4.75. The Kier molecular flexibility index (Phi) is 4.48. The molecule has 1 aliphatic heterocycles. The predicted molar refractivity (Wildman–Crippen MR) is 80.9 cm³/mol. The number of hydrogen-bond donors (Lipinski definition) is 1. The van der Waals surface area contributed by atoms with Crippen molar-refractivity contribution in [2.45, 2.75) is 39.3 Å². The minimum absolute atomic E-state index is 0.229. The summed E-state index contributed by atoms with van der Waals surface area (Å²) < 4.78 is 0. The molecule has 2 rings (SSSR count). The third-order valence-electron chi connectivity index (χ3n) is 4.32. The summed E-state index contributed by atoms with van der Waals surface area (Å²) in [5.41, 5.74) is 4.13. The standard InChI is InChI=1S/C16H26N2O/c1-5-14-8-6-7-12(2)16(14)18-10-15(11-19)17(4)9-13(18)3/h6-8,13,15,19H,5,9-11H2,1-4H3. The number of hydrogen-bond acceptors (Lipinski definition) is 3. The topological polar surface area (TPSA) is 26.7 Å². The quantitative estimate of drug-likeness (QED) is 0.903. The van der Waals surface area contributed by atoms with E-state index in [0.29, 0.717) is 6.04 Å². The fourth-order valence-electron chi connectivity index (χ4n) is 3.14. The highest BCUT2D eigenvalue weighted by molar-refractivity contribution is 5.60. The zero-order chi connectivity index (χ0) is 14.0. The second kappa shape index (κ2) is 5.93. The Bertz CT molecular complexity index is 433. The highest BCUT2D eigenvalue weighted by atomic mass is 16.3. The van der Waals surface area contributed by atoms with E-state index in [4.69, 9.17) is 0 Å². The smallest absolute Gasteiger partial charge is 0.0604 e. The Morgan fingerprint density at radius 2 is 2.05 bits per heavy atom. The fraction of sp³-hybridized carbons (Fsp3) is 0.625. The predicted octanol–water partition coefficient (Wildman–Crippen LogP) is 2.06. The van der Waals surface area contributed by atoms with E-state index in [0.717, 1.165) is 19.5 Å². The lowest BCUT2D eigenvalue weighted by atomic mass is 10.00. The summed E-state index contributed by atoms with van der Waals surface area (Å²) in [5.74, 6) is 0. The Morgan fingerprint density at radius 1 is 1.32 bits per heavy atom. The van der Waals surface area contributed by atoms with Gasteiger partial charge in [0.15, 0.2) is 0 Å². The normalized spacial score (nSPS) is 24.8. The minimum Gasteiger partial charge on any atom is -0.395 e. The van der Waals surface area contributed by atoms with Crippen molar-refractivity contribution in [3.63, 3.8) is 0 Å². The van der Waals surface area contributed by atoms with Gasteiger partial charge < -0.3 is 10.0 Å². The number of likely N-dealkylation sites (N-methyl/N-ethyl adjacent to an activating group) is 1. The van der Waals surface area contributed by atoms with Crippen LogP contribution in [0.5, 0.6) is 0 Å². The van der Waals surface area contributed by atoms with Crippen molar-refractivity contribution in [1.29, 1.82) is 0 Å². The van der Waals surface area contributed by atoms with Gasteiger partial charge in [-0.25, -0.2) is 0 Å². The first-order valence-electron chi connectivity index (χ1n) is 7.24. The summed E-state index contributed by atoms with van der Waals surface area (Å²) in [7, 11) is 2.10. The molecule has 19 heavy (non-hydrogen) atoms. The maximum atomic E-state index is 9.54. The van der Waals surface area contributed by atoms with E-state index in [1.165, 1.54) is 16.8 Å². The molecule has 1 aromatic rings. The fourth-order valence-corrected chi connectivity index (χ4v) is 3.14. The molecule has 0 spiro atoms. The molecule has 0 aliphatic carbocycles. The Morgan fingerprint density at radius 3 is 2.68 bits per heavy atom. The van der Waals surface area contributed by atoms with Crippen molar-refractivity contribution < 1.29 is 5.11 Å². The minimum atomic E-state index is 0.229. The number of nitrogens with zero attached hydrogens (tertiary/aromatic N) is 2. The number of para-hydroxylation sites is 1. The van der Waals surface area contributed by atoms with Gasteiger partial charge in [-0.3, -0.25) is 4.90 Å². The van der Waals surface area contributed by atoms with Crippen molar-refractivity contribution in [2.24, 2.45) is 0 Å². The van der Waals surface area contributed by atoms with Crippen LogP contribution >= 0.6 is 0 Å². The van der Waals surface area contributed by atoms with Crippen molar-refractivity contribution in [1.82, 2.24) is 4.90 Å². The van der Waals surface area contributed by atoms with Crippen molar-refractivity contribution in [2.75, 3.05) is 31.6 Å². The van der Waals surface area contributed by atoms with Gasteiger partial charge in [-0.1, -0.05) is 25.1 Å². The average molecular weight is 262 g/mol. The lowest BCUT2D eigenvalue weighted by molar-refractivity contribution is 0.121. The van der Waals surface area contributed by atoms with E-state index in [1.54, 1.807) is 0 Å². The van der Waals surface area contributed by atoms with Crippen LogP contribution < -0.4 is 4.90 Å². The number of aryl methyl sites for hydroxylation is 2. The van der Waals surface area contributed by atoms with Crippen LogP contribution in [0.15, 0.2) is 18.2 Å². The van der Waals surface area contributed by atoms with Crippen LogP contribution in [-0.4, -0.2) is 48.8 Å². The van der Waals surface area contributed by atoms with Crippen molar-refractivity contribution in [3.8, 4) is 0 Å². The van der Waals surface area contributed by atoms with Gasteiger partial charge in [0.25, 0.3) is 0 Å². The second-order valence-corrected chi connectivity index (χ2v) is 5.71. The number of benzene rings is 1. The molecule has 2 atom stereocenters. The molecule has 3 nitrogen and oxygen atoms in total. The van der Waals surface area contributed by atoms with E-state index in [-0.39, 0.29) is 12.6 Å². The summed E-state index contributed by atoms with van der Waals surface area (Å²) in [6.45, 7) is 8.81. The first-order chi connectivity index (χ1) is 9.08. The van der Waals surface area contributed by atoms with Gasteiger partial charge >= 0.3 is 0 Å². The van der Waals surface area contributed by atoms with Crippen LogP contribution in [-0.2, 0) is 6.42 Å². The van der Waals surface area contributed by atoms with E-state index in [9.17, 15) is 5.11 Å². The van der Waals surface area contributed by atoms with E-state index >= 15 is 0 Å². The molecule has 1 saturated heterocycles.